The lowest BCUT2D eigenvalue weighted by molar-refractivity contribution is -0.165. The van der Waals surface area contributed by atoms with Gasteiger partial charge < -0.3 is 28.8 Å². The van der Waals surface area contributed by atoms with Gasteiger partial charge in [0.05, 0.1) is 36.0 Å². The van der Waals surface area contributed by atoms with Crippen LogP contribution in [0.15, 0.2) is 77.3 Å². The molecule has 8 aromatic rings. The highest BCUT2D eigenvalue weighted by Crippen LogP contribution is 2.33. The summed E-state index contributed by atoms with van der Waals surface area (Å²) < 4.78 is 31.7. The molecule has 0 atom stereocenters. The molecular weight excluding hydrogens is 1310 g/mol. The van der Waals surface area contributed by atoms with Crippen LogP contribution in [0.25, 0.3) is 30.6 Å². The number of ether oxygens (including phenoxy) is 5. The van der Waals surface area contributed by atoms with Gasteiger partial charge in [-0.25, -0.2) is 56.9 Å². The first kappa shape index (κ1) is 77.2. The number of fused-ring (bicyclic) bond motifs is 3. The number of nitrogens with one attached hydrogen (secondary N) is 1. The average Bonchev–Trinajstić information content (AvgIpc) is 1.68. The van der Waals surface area contributed by atoms with Gasteiger partial charge in [-0.15, -0.1) is 34.0 Å². The summed E-state index contributed by atoms with van der Waals surface area (Å²) in [4.78, 5) is 160. The van der Waals surface area contributed by atoms with E-state index < -0.39 is 97.4 Å². The number of H-pyrrole nitrogens is 1. The van der Waals surface area contributed by atoms with Gasteiger partial charge in [0.15, 0.2) is 0 Å². The molecule has 97 heavy (non-hydrogen) atoms. The molecule has 0 bridgehead atoms. The van der Waals surface area contributed by atoms with E-state index in [2.05, 4.69) is 11.9 Å². The lowest BCUT2D eigenvalue weighted by Gasteiger charge is -2.30. The Morgan fingerprint density at radius 2 is 0.773 bits per heavy atom. The van der Waals surface area contributed by atoms with Gasteiger partial charge in [0.2, 0.25) is 0 Å². The maximum Gasteiger partial charge on any atom is 0.348 e. The largest absolute Gasteiger partial charge is 0.480 e. The monoisotopic (exact) mass is 1400 g/mol. The normalized spacial score (nSPS) is 12.0. The Kier molecular flexibility index (Phi) is 24.1. The Morgan fingerprint density at radius 3 is 1.11 bits per heavy atom. The van der Waals surface area contributed by atoms with E-state index in [-0.39, 0.29) is 68.5 Å². The van der Waals surface area contributed by atoms with Crippen LogP contribution in [0, 0.1) is 20.8 Å². The van der Waals surface area contributed by atoms with Gasteiger partial charge in [-0.3, -0.25) is 28.5 Å². The van der Waals surface area contributed by atoms with Crippen molar-refractivity contribution < 1.29 is 57.6 Å². The smallest absolute Gasteiger partial charge is 0.348 e. The number of aromatic amines is 1. The molecule has 0 amide bonds. The van der Waals surface area contributed by atoms with Gasteiger partial charge in [0.25, 0.3) is 16.7 Å². The molecule has 8 rings (SSSR count). The molecule has 0 aliphatic heterocycles. The molecule has 0 radical (unpaired) electrons. The third-order valence-corrected chi connectivity index (χ3v) is 19.8. The van der Waals surface area contributed by atoms with E-state index in [1.54, 1.807) is 83.1 Å². The summed E-state index contributed by atoms with van der Waals surface area (Å²) in [5.41, 5.74) is -4.89. The molecule has 0 saturated heterocycles. The maximum absolute atomic E-state index is 13.9. The second-order valence-electron chi connectivity index (χ2n) is 26.3. The van der Waals surface area contributed by atoms with Crippen LogP contribution in [0.5, 0.6) is 0 Å². The summed E-state index contributed by atoms with van der Waals surface area (Å²) in [6, 6.07) is 15.9. The molecule has 27 heteroatoms. The third-order valence-electron chi connectivity index (χ3n) is 16.0. The minimum absolute atomic E-state index is 0.167. The number of hydrogen-bond donors (Lipinski definition) is 2. The van der Waals surface area contributed by atoms with Crippen LogP contribution >= 0.6 is 34.0 Å². The summed E-state index contributed by atoms with van der Waals surface area (Å²) in [5, 5.41) is 10.3. The molecule has 524 valence electrons. The number of carbonyl (C=O) groups is 6. The van der Waals surface area contributed by atoms with Gasteiger partial charge in [-0.05, 0) is 189 Å². The van der Waals surface area contributed by atoms with E-state index >= 15 is 0 Å². The second kappa shape index (κ2) is 30.3. The minimum Gasteiger partial charge on any atom is -0.480 e. The molecule has 0 aliphatic carbocycles. The zero-order valence-electron chi connectivity index (χ0n) is 58.8. The standard InChI is InChI=1S/C28H36N2O6S.C24H28N2O6S.C18H24N2O6S/c1-9-18-13-11-12-14-19(18)15-16-29-23-20(17(3)21(37-23)24(32)35-10-2)22(31)30(26(29)34)28(7,8)25(33)36-27(4,5)6;1-6-15-10-8-9-11-16(15)12-13-25-20-17(14(3)18(33-20)21(28)32-7-2)19(27)26(23(25)31)24(4,5)22(29)30;1-8-25-14(22)11-9(2)10-12(27-11)19-16(24)20(13(10)21)18(6,7)15(23)26-17(3,4)5/h11-14H,9-10,15-16H2,1-8H3;8-11H,6-7,12-13H2,1-5H3,(H,29,30);8H2,1-7H3,(H,19,24). The van der Waals surface area contributed by atoms with Crippen molar-refractivity contribution >= 4 is 100 Å². The molecule has 0 aliphatic rings. The molecule has 24 nitrogen and oxygen atoms in total. The average molecular weight is 1400 g/mol. The maximum atomic E-state index is 13.9. The van der Waals surface area contributed by atoms with Crippen molar-refractivity contribution in [2.75, 3.05) is 19.8 Å². The highest BCUT2D eigenvalue weighted by atomic mass is 32.1. The Balaban J connectivity index is 0.000000233. The lowest BCUT2D eigenvalue weighted by Crippen LogP contribution is -2.54. The van der Waals surface area contributed by atoms with Crippen LogP contribution in [0.4, 0.5) is 0 Å². The summed E-state index contributed by atoms with van der Waals surface area (Å²) in [6.07, 6.45) is 2.72. The fraction of sp³-hybridized carbons (Fsp3) is 0.486. The molecule has 0 fully saturated rings. The third kappa shape index (κ3) is 16.1. The second-order valence-corrected chi connectivity index (χ2v) is 29.4. The van der Waals surface area contributed by atoms with Crippen molar-refractivity contribution in [3.8, 4) is 0 Å². The molecule has 6 heterocycles. The minimum atomic E-state index is -1.77. The molecular formula is C70H88N6O18S3. The number of carboxylic acids is 1. The van der Waals surface area contributed by atoms with Crippen molar-refractivity contribution in [3.63, 3.8) is 0 Å². The summed E-state index contributed by atoms with van der Waals surface area (Å²) in [6.45, 7) is 33.9. The number of aliphatic carboxylic acids is 1. The molecule has 2 N–H and O–H groups in total. The number of carboxylic acid groups (broad SMARTS) is 1. The van der Waals surface area contributed by atoms with Crippen LogP contribution in [0.2, 0.25) is 0 Å². The molecule has 0 unspecified atom stereocenters. The summed E-state index contributed by atoms with van der Waals surface area (Å²) in [5.74, 6) is -4.39. The fourth-order valence-corrected chi connectivity index (χ4v) is 14.3. The Bertz CT molecular complexity index is 4750. The summed E-state index contributed by atoms with van der Waals surface area (Å²) in [7, 11) is 0. The van der Waals surface area contributed by atoms with Crippen LogP contribution in [-0.2, 0) is 93.5 Å². The van der Waals surface area contributed by atoms with Gasteiger partial charge in [-0.1, -0.05) is 62.4 Å². The molecule has 0 saturated carbocycles. The Morgan fingerprint density at radius 1 is 0.454 bits per heavy atom. The lowest BCUT2D eigenvalue weighted by atomic mass is 10.0. The van der Waals surface area contributed by atoms with E-state index in [1.807, 2.05) is 55.5 Å². The van der Waals surface area contributed by atoms with E-state index in [9.17, 15) is 62.6 Å². The van der Waals surface area contributed by atoms with E-state index in [1.165, 1.54) is 56.2 Å². The molecule has 2 aromatic carbocycles. The van der Waals surface area contributed by atoms with Crippen molar-refractivity contribution in [1.29, 1.82) is 0 Å². The van der Waals surface area contributed by atoms with E-state index in [4.69, 9.17) is 23.7 Å². The highest BCUT2D eigenvalue weighted by Gasteiger charge is 2.41. The van der Waals surface area contributed by atoms with Gasteiger partial charge >= 0.3 is 52.9 Å². The number of aryl methyl sites for hydroxylation is 9. The Labute approximate surface area is 572 Å². The fourth-order valence-electron chi connectivity index (χ4n) is 10.8. The number of aromatic nitrogens is 6. The van der Waals surface area contributed by atoms with E-state index in [0.29, 0.717) is 39.2 Å². The van der Waals surface area contributed by atoms with Crippen molar-refractivity contribution in [3.05, 3.63) is 165 Å². The molecule has 0 spiro atoms. The Hall–Kier alpha value is -8.82. The number of esters is 5. The van der Waals surface area contributed by atoms with Crippen molar-refractivity contribution in [2.24, 2.45) is 0 Å². The first-order valence-corrected chi connectivity index (χ1v) is 34.3. The number of hydrogen-bond acceptors (Lipinski definition) is 20. The van der Waals surface area contributed by atoms with Crippen LogP contribution in [0.3, 0.4) is 0 Å². The number of carbonyl (C=O) groups excluding carboxylic acids is 5. The topological polar surface area (TPSA) is 312 Å². The van der Waals surface area contributed by atoms with Crippen LogP contribution in [-0.4, -0.2) is 99.8 Å². The SMILES string of the molecule is CCOC(=O)c1sc2[nH]c(=O)n(C(C)(C)C(=O)OC(C)(C)C)c(=O)c2c1C.CCOC(=O)c1sc2c(c1C)c(=O)n(C(C)(C)C(=O)O)c(=O)n2CCc1ccccc1CC.CCOC(=O)c1sc2c(c1C)c(=O)n(C(C)(C)C(=O)OC(C)(C)C)c(=O)n2CCc1ccccc1CC. The number of nitrogens with zero attached hydrogens (tertiary/aromatic N) is 5. The van der Waals surface area contributed by atoms with Gasteiger partial charge in [0, 0.05) is 13.1 Å². The first-order valence-electron chi connectivity index (χ1n) is 31.8. The van der Waals surface area contributed by atoms with Gasteiger partial charge in [-0.2, -0.15) is 0 Å². The number of benzene rings is 2. The van der Waals surface area contributed by atoms with E-state index in [0.717, 1.165) is 77.2 Å². The predicted octanol–water partition coefficient (Wildman–Crippen LogP) is 10.2. The van der Waals surface area contributed by atoms with Crippen LogP contribution < -0.4 is 33.7 Å². The zero-order chi connectivity index (χ0) is 72.9. The summed E-state index contributed by atoms with van der Waals surface area (Å²) >= 11 is 3.07. The first-order chi connectivity index (χ1) is 45.1. The zero-order valence-corrected chi connectivity index (χ0v) is 61.3. The van der Waals surface area contributed by atoms with Crippen LogP contribution in [0.1, 0.15) is 186 Å². The number of rotatable bonds is 20. The predicted molar refractivity (Wildman–Crippen MR) is 376 cm³/mol. The highest BCUT2D eigenvalue weighted by molar-refractivity contribution is 7.21. The quantitative estimate of drug-likeness (QED) is 0.0529. The number of thiophene rings is 3. The van der Waals surface area contributed by atoms with Gasteiger partial charge in [0.1, 0.15) is 56.9 Å². The van der Waals surface area contributed by atoms with Crippen molar-refractivity contribution in [1.82, 2.24) is 27.8 Å². The van der Waals surface area contributed by atoms with Crippen molar-refractivity contribution in [2.45, 2.75) is 205 Å². The molecule has 6 aromatic heterocycles.